The van der Waals surface area contributed by atoms with Gasteiger partial charge in [-0.15, -0.1) is 0 Å². The molecule has 1 N–H and O–H groups in total. The summed E-state index contributed by atoms with van der Waals surface area (Å²) < 4.78 is 0. The average molecular weight is 149 g/mol. The van der Waals surface area contributed by atoms with Crippen LogP contribution in [0.3, 0.4) is 0 Å². The molecule has 0 spiro atoms. The minimum atomic E-state index is -0.395. The van der Waals surface area contributed by atoms with Gasteiger partial charge in [0.2, 0.25) is 0 Å². The van der Waals surface area contributed by atoms with Gasteiger partial charge >= 0.3 is 6.03 Å². The number of hydrogen-bond acceptors (Lipinski definition) is 2. The predicted molar refractivity (Wildman–Crippen MR) is 39.1 cm³/mol. The minimum absolute atomic E-state index is 0.395. The fourth-order valence-electron chi connectivity index (χ4n) is 0.738. The molecule has 1 rings (SSSR count). The number of urea groups is 1. The van der Waals surface area contributed by atoms with Gasteiger partial charge in [0.1, 0.15) is 0 Å². The van der Waals surface area contributed by atoms with Crippen LogP contribution in [0.25, 0.3) is 0 Å². The van der Waals surface area contributed by atoms with Crippen molar-refractivity contribution < 1.29 is 4.79 Å². The average Bonchev–Trinajstić information content (AvgIpc) is 2.07. The summed E-state index contributed by atoms with van der Waals surface area (Å²) in [6.45, 7) is 0.518. The molecule has 0 unspecified atom stereocenters. The quantitative estimate of drug-likeness (QED) is 0.404. The molecule has 0 atom stereocenters. The van der Waals surface area contributed by atoms with Crippen molar-refractivity contribution in [3.8, 4) is 6.19 Å². The number of nitrogens with one attached hydrogen (secondary N) is 1. The third-order valence-corrected chi connectivity index (χ3v) is 1.24. The molecule has 2 amide bonds. The molecule has 0 radical (unpaired) electrons. The van der Waals surface area contributed by atoms with E-state index in [0.717, 1.165) is 0 Å². The van der Waals surface area contributed by atoms with Crippen molar-refractivity contribution in [2.45, 2.75) is 0 Å². The first kappa shape index (κ1) is 7.35. The van der Waals surface area contributed by atoms with Crippen molar-refractivity contribution in [2.24, 2.45) is 0 Å². The van der Waals surface area contributed by atoms with E-state index in [1.54, 1.807) is 18.5 Å². The summed E-state index contributed by atoms with van der Waals surface area (Å²) in [6.07, 6.45) is 8.59. The van der Waals surface area contributed by atoms with Gasteiger partial charge in [-0.2, -0.15) is 5.26 Å². The van der Waals surface area contributed by atoms with Gasteiger partial charge in [-0.25, -0.2) is 10.1 Å². The Hall–Kier alpha value is -1.76. The van der Waals surface area contributed by atoms with Crippen LogP contribution in [0.5, 0.6) is 0 Å². The highest BCUT2D eigenvalue weighted by Crippen LogP contribution is 1.97. The van der Waals surface area contributed by atoms with E-state index in [9.17, 15) is 4.79 Å². The molecule has 0 saturated heterocycles. The van der Waals surface area contributed by atoms with Gasteiger partial charge in [0, 0.05) is 12.7 Å². The Morgan fingerprint density at radius 2 is 2.45 bits per heavy atom. The number of hydrogen-bond donors (Lipinski definition) is 1. The summed E-state index contributed by atoms with van der Waals surface area (Å²) in [6, 6.07) is -0.395. The van der Waals surface area contributed by atoms with Crippen molar-refractivity contribution in [3.05, 3.63) is 24.4 Å². The first-order valence-corrected chi connectivity index (χ1v) is 3.13. The molecule has 1 aliphatic heterocycles. The second kappa shape index (κ2) is 3.42. The maximum absolute atomic E-state index is 10.9. The van der Waals surface area contributed by atoms with E-state index in [2.05, 4.69) is 0 Å². The highest BCUT2D eigenvalue weighted by Gasteiger charge is 2.08. The Labute approximate surface area is 64.4 Å². The van der Waals surface area contributed by atoms with Gasteiger partial charge < -0.3 is 0 Å². The fourth-order valence-corrected chi connectivity index (χ4v) is 0.738. The number of nitriles is 1. The number of rotatable bonds is 0. The second-order valence-corrected chi connectivity index (χ2v) is 1.96. The third kappa shape index (κ3) is 1.83. The van der Waals surface area contributed by atoms with Crippen molar-refractivity contribution in [1.29, 1.82) is 5.26 Å². The minimum Gasteiger partial charge on any atom is -0.296 e. The van der Waals surface area contributed by atoms with Gasteiger partial charge in [0.15, 0.2) is 6.19 Å². The fraction of sp³-hybridized carbons (Fsp3) is 0.143. The highest BCUT2D eigenvalue weighted by molar-refractivity contribution is 5.77. The maximum Gasteiger partial charge on any atom is 0.334 e. The second-order valence-electron chi connectivity index (χ2n) is 1.96. The van der Waals surface area contributed by atoms with Gasteiger partial charge in [-0.05, 0) is 6.08 Å². The van der Waals surface area contributed by atoms with Gasteiger partial charge in [0.25, 0.3) is 0 Å². The summed E-state index contributed by atoms with van der Waals surface area (Å²) in [5.74, 6) is 0. The van der Waals surface area contributed by atoms with Crippen molar-refractivity contribution >= 4 is 6.03 Å². The van der Waals surface area contributed by atoms with Crippen LogP contribution in [-0.4, -0.2) is 17.5 Å². The first-order chi connectivity index (χ1) is 5.34. The molecule has 0 saturated carbocycles. The molecule has 4 heteroatoms. The van der Waals surface area contributed by atoms with Crippen LogP contribution < -0.4 is 5.32 Å². The Balaban J connectivity index is 2.50. The number of allylic oxidation sites excluding steroid dienone is 2. The Morgan fingerprint density at radius 1 is 1.64 bits per heavy atom. The predicted octanol–water partition coefficient (Wildman–Crippen LogP) is 0.563. The molecule has 0 aliphatic carbocycles. The molecule has 56 valence electrons. The van der Waals surface area contributed by atoms with Crippen molar-refractivity contribution in [2.75, 3.05) is 6.54 Å². The van der Waals surface area contributed by atoms with Crippen LogP contribution in [0.15, 0.2) is 24.4 Å². The Kier molecular flexibility index (Phi) is 2.28. The van der Waals surface area contributed by atoms with Crippen LogP contribution in [0, 0.1) is 11.5 Å². The van der Waals surface area contributed by atoms with E-state index < -0.39 is 6.03 Å². The van der Waals surface area contributed by atoms with E-state index in [4.69, 9.17) is 5.26 Å². The van der Waals surface area contributed by atoms with Crippen LogP contribution in [-0.2, 0) is 0 Å². The first-order valence-electron chi connectivity index (χ1n) is 3.13. The lowest BCUT2D eigenvalue weighted by Crippen LogP contribution is -2.34. The monoisotopic (exact) mass is 149 g/mol. The van der Waals surface area contributed by atoms with E-state index >= 15 is 0 Å². The number of carbonyl (C=O) groups excluding carboxylic acids is 1. The molecule has 4 nitrogen and oxygen atoms in total. The lowest BCUT2D eigenvalue weighted by Gasteiger charge is -2.15. The summed E-state index contributed by atoms with van der Waals surface area (Å²) in [4.78, 5) is 12.3. The standard InChI is InChI=1S/C7H7N3O/c8-6-9-7(11)10-4-2-1-3-5-10/h1-4H,5H2,(H,9,11). The Bertz CT molecular complexity index is 249. The van der Waals surface area contributed by atoms with E-state index in [1.165, 1.54) is 4.90 Å². The normalized spacial score (nSPS) is 14.3. The number of amides is 2. The molecule has 0 bridgehead atoms. The van der Waals surface area contributed by atoms with E-state index in [-0.39, 0.29) is 0 Å². The summed E-state index contributed by atoms with van der Waals surface area (Å²) in [5.41, 5.74) is 0. The topological polar surface area (TPSA) is 56.1 Å². The van der Waals surface area contributed by atoms with Crippen LogP contribution in [0.4, 0.5) is 4.79 Å². The van der Waals surface area contributed by atoms with Crippen LogP contribution >= 0.6 is 0 Å². The zero-order valence-corrected chi connectivity index (χ0v) is 5.82. The molecule has 0 aromatic rings. The van der Waals surface area contributed by atoms with Gasteiger partial charge in [-0.3, -0.25) is 4.90 Å². The van der Waals surface area contributed by atoms with Crippen LogP contribution in [0.2, 0.25) is 0 Å². The zero-order chi connectivity index (χ0) is 8.10. The Morgan fingerprint density at radius 3 is 3.00 bits per heavy atom. The summed E-state index contributed by atoms with van der Waals surface area (Å²) >= 11 is 0. The molecular weight excluding hydrogens is 142 g/mol. The molecular formula is C7H7N3O. The molecule has 1 heterocycles. The third-order valence-electron chi connectivity index (χ3n) is 1.24. The van der Waals surface area contributed by atoms with Crippen LogP contribution in [0.1, 0.15) is 0 Å². The molecule has 1 aliphatic rings. The summed E-state index contributed by atoms with van der Waals surface area (Å²) in [7, 11) is 0. The lowest BCUT2D eigenvalue weighted by atomic mass is 10.4. The maximum atomic E-state index is 10.9. The largest absolute Gasteiger partial charge is 0.334 e. The molecule has 0 fully saturated rings. The zero-order valence-electron chi connectivity index (χ0n) is 5.82. The smallest absolute Gasteiger partial charge is 0.296 e. The molecule has 0 aromatic heterocycles. The highest BCUT2D eigenvalue weighted by atomic mass is 16.2. The van der Waals surface area contributed by atoms with Crippen molar-refractivity contribution in [1.82, 2.24) is 10.2 Å². The number of carbonyl (C=O) groups is 1. The lowest BCUT2D eigenvalue weighted by molar-refractivity contribution is 0.222. The summed E-state index contributed by atoms with van der Waals surface area (Å²) in [5, 5.41) is 10.1. The molecule has 0 aromatic carbocycles. The van der Waals surface area contributed by atoms with E-state index in [1.807, 2.05) is 17.5 Å². The van der Waals surface area contributed by atoms with Gasteiger partial charge in [0.05, 0.1) is 0 Å². The molecule has 11 heavy (non-hydrogen) atoms. The van der Waals surface area contributed by atoms with Crippen molar-refractivity contribution in [3.63, 3.8) is 0 Å². The SMILES string of the molecule is N#CNC(=O)N1C=CC=CC1. The van der Waals surface area contributed by atoms with E-state index in [0.29, 0.717) is 6.54 Å². The van der Waals surface area contributed by atoms with Gasteiger partial charge in [-0.1, -0.05) is 12.2 Å². The number of nitrogens with zero attached hydrogens (tertiary/aromatic N) is 2.